The van der Waals surface area contributed by atoms with E-state index in [9.17, 15) is 18.0 Å². The Morgan fingerprint density at radius 2 is 1.73 bits per heavy atom. The summed E-state index contributed by atoms with van der Waals surface area (Å²) < 4.78 is 25.8. The first-order valence-electron chi connectivity index (χ1n) is 10.1. The molecule has 0 aromatic heterocycles. The maximum atomic E-state index is 13.1. The molecule has 0 saturated heterocycles. The van der Waals surface area contributed by atoms with Crippen molar-refractivity contribution in [2.75, 3.05) is 24.2 Å². The van der Waals surface area contributed by atoms with Gasteiger partial charge in [0.2, 0.25) is 21.8 Å². The molecule has 0 aliphatic heterocycles. The first kappa shape index (κ1) is 27.2. The van der Waals surface area contributed by atoms with Gasteiger partial charge in [0.15, 0.2) is 0 Å². The molecule has 2 amide bonds. The SMILES string of the molecule is CNC(=O)[C@H](C)N(Cc1ccc(Cl)cc1Cl)C(=O)CCCN(c1cccc(Cl)c1)S(C)(=O)=O. The lowest BCUT2D eigenvalue weighted by Crippen LogP contribution is -2.46. The lowest BCUT2D eigenvalue weighted by atomic mass is 10.1. The molecule has 7 nitrogen and oxygen atoms in total. The zero-order valence-electron chi connectivity index (χ0n) is 18.5. The predicted molar refractivity (Wildman–Crippen MR) is 133 cm³/mol. The maximum Gasteiger partial charge on any atom is 0.242 e. The quantitative estimate of drug-likeness (QED) is 0.491. The number of hydrogen-bond acceptors (Lipinski definition) is 4. The largest absolute Gasteiger partial charge is 0.357 e. The minimum absolute atomic E-state index is 0.0269. The third-order valence-corrected chi connectivity index (χ3v) is 7.03. The fraction of sp³-hybridized carbons (Fsp3) is 0.364. The fourth-order valence-corrected chi connectivity index (χ4v) is 4.87. The van der Waals surface area contributed by atoms with Crippen LogP contribution in [0.15, 0.2) is 42.5 Å². The van der Waals surface area contributed by atoms with Crippen molar-refractivity contribution in [3.05, 3.63) is 63.1 Å². The van der Waals surface area contributed by atoms with Crippen LogP contribution in [-0.4, -0.2) is 51.0 Å². The highest BCUT2D eigenvalue weighted by molar-refractivity contribution is 7.92. The number of nitrogens with zero attached hydrogens (tertiary/aromatic N) is 2. The molecule has 2 aromatic carbocycles. The Balaban J connectivity index is 2.18. The zero-order valence-corrected chi connectivity index (χ0v) is 21.6. The molecule has 0 aliphatic rings. The van der Waals surface area contributed by atoms with Gasteiger partial charge in [-0.25, -0.2) is 8.42 Å². The summed E-state index contributed by atoms with van der Waals surface area (Å²) >= 11 is 18.2. The summed E-state index contributed by atoms with van der Waals surface area (Å²) in [6, 6.07) is 10.7. The molecule has 0 radical (unpaired) electrons. The highest BCUT2D eigenvalue weighted by atomic mass is 35.5. The number of benzene rings is 2. The number of halogens is 3. The predicted octanol–water partition coefficient (Wildman–Crippen LogP) is 4.36. The van der Waals surface area contributed by atoms with Gasteiger partial charge in [-0.05, 0) is 49.2 Å². The van der Waals surface area contributed by atoms with Crippen molar-refractivity contribution in [3.63, 3.8) is 0 Å². The van der Waals surface area contributed by atoms with Crippen molar-refractivity contribution in [1.29, 1.82) is 0 Å². The third kappa shape index (κ3) is 7.78. The number of nitrogens with one attached hydrogen (secondary N) is 1. The Kier molecular flexibility index (Phi) is 9.84. The van der Waals surface area contributed by atoms with Crippen LogP contribution < -0.4 is 9.62 Å². The molecule has 0 saturated carbocycles. The molecule has 0 bridgehead atoms. The molecule has 11 heteroatoms. The van der Waals surface area contributed by atoms with Gasteiger partial charge in [0.25, 0.3) is 0 Å². The summed E-state index contributed by atoms with van der Waals surface area (Å²) in [6.45, 7) is 1.80. The summed E-state index contributed by atoms with van der Waals surface area (Å²) in [5, 5.41) is 3.79. The Hall–Kier alpha value is -2.00. The van der Waals surface area contributed by atoms with Crippen LogP contribution in [0.3, 0.4) is 0 Å². The monoisotopic (exact) mass is 533 g/mol. The van der Waals surface area contributed by atoms with Gasteiger partial charge in [0, 0.05) is 41.6 Å². The molecule has 2 rings (SSSR count). The molecule has 0 heterocycles. The average molecular weight is 535 g/mol. The molecule has 0 unspecified atom stereocenters. The number of sulfonamides is 1. The van der Waals surface area contributed by atoms with E-state index in [1.54, 1.807) is 49.4 Å². The Morgan fingerprint density at radius 1 is 1.06 bits per heavy atom. The third-order valence-electron chi connectivity index (χ3n) is 5.02. The summed E-state index contributed by atoms with van der Waals surface area (Å²) in [7, 11) is -2.10. The average Bonchev–Trinajstić information content (AvgIpc) is 2.74. The van der Waals surface area contributed by atoms with Crippen LogP contribution in [0.4, 0.5) is 5.69 Å². The first-order valence-corrected chi connectivity index (χ1v) is 13.1. The topological polar surface area (TPSA) is 86.8 Å². The Labute approximate surface area is 209 Å². The lowest BCUT2D eigenvalue weighted by Gasteiger charge is -2.29. The number of anilines is 1. The number of carbonyl (C=O) groups is 2. The minimum atomic E-state index is -3.59. The molecule has 0 spiro atoms. The Morgan fingerprint density at radius 3 is 2.30 bits per heavy atom. The van der Waals surface area contributed by atoms with Gasteiger partial charge in [-0.1, -0.05) is 46.9 Å². The number of carbonyl (C=O) groups excluding carboxylic acids is 2. The second-order valence-corrected chi connectivity index (χ2v) is 10.7. The minimum Gasteiger partial charge on any atom is -0.357 e. The van der Waals surface area contributed by atoms with Crippen molar-refractivity contribution in [2.24, 2.45) is 0 Å². The highest BCUT2D eigenvalue weighted by Gasteiger charge is 2.26. The molecule has 0 aliphatic carbocycles. The zero-order chi connectivity index (χ0) is 24.8. The van der Waals surface area contributed by atoms with Gasteiger partial charge in [-0.2, -0.15) is 0 Å². The van der Waals surface area contributed by atoms with Crippen LogP contribution in [0.2, 0.25) is 15.1 Å². The van der Waals surface area contributed by atoms with E-state index in [4.69, 9.17) is 34.8 Å². The van der Waals surface area contributed by atoms with E-state index in [0.717, 1.165) is 6.26 Å². The molecule has 0 fully saturated rings. The molecule has 1 atom stereocenters. The van der Waals surface area contributed by atoms with Gasteiger partial charge >= 0.3 is 0 Å². The van der Waals surface area contributed by atoms with Crippen molar-refractivity contribution in [3.8, 4) is 0 Å². The van der Waals surface area contributed by atoms with E-state index >= 15 is 0 Å². The second kappa shape index (κ2) is 11.9. The molecule has 2 aromatic rings. The van der Waals surface area contributed by atoms with Crippen LogP contribution in [0, 0.1) is 0 Å². The molecule has 33 heavy (non-hydrogen) atoms. The van der Waals surface area contributed by atoms with Gasteiger partial charge in [-0.3, -0.25) is 13.9 Å². The smallest absolute Gasteiger partial charge is 0.242 e. The number of hydrogen-bond donors (Lipinski definition) is 1. The standard InChI is InChI=1S/C22H26Cl3N3O4S/c1-15(22(30)26-2)27(14-16-9-10-18(24)13-20(16)25)21(29)8-5-11-28(33(3,31)32)19-7-4-6-17(23)12-19/h4,6-7,9-10,12-13,15H,5,8,11,14H2,1-3H3,(H,26,30)/t15-/m0/s1. The van der Waals surface area contributed by atoms with E-state index in [0.29, 0.717) is 26.3 Å². The van der Waals surface area contributed by atoms with Crippen LogP contribution in [0.5, 0.6) is 0 Å². The number of likely N-dealkylation sites (N-methyl/N-ethyl adjacent to an activating group) is 1. The van der Waals surface area contributed by atoms with Crippen molar-refractivity contribution >= 4 is 62.3 Å². The van der Waals surface area contributed by atoms with Crippen LogP contribution in [-0.2, 0) is 26.2 Å². The molecule has 180 valence electrons. The number of rotatable bonds is 10. The van der Waals surface area contributed by atoms with E-state index in [-0.39, 0.29) is 37.7 Å². The van der Waals surface area contributed by atoms with Gasteiger partial charge in [0.1, 0.15) is 6.04 Å². The second-order valence-electron chi connectivity index (χ2n) is 7.47. The van der Waals surface area contributed by atoms with Crippen LogP contribution >= 0.6 is 34.8 Å². The maximum absolute atomic E-state index is 13.1. The van der Waals surface area contributed by atoms with Gasteiger partial charge < -0.3 is 10.2 Å². The normalized spacial score (nSPS) is 12.2. The van der Waals surface area contributed by atoms with Crippen molar-refractivity contribution in [1.82, 2.24) is 10.2 Å². The van der Waals surface area contributed by atoms with E-state index in [1.807, 2.05) is 0 Å². The lowest BCUT2D eigenvalue weighted by molar-refractivity contribution is -0.140. The fourth-order valence-electron chi connectivity index (χ4n) is 3.26. The van der Waals surface area contributed by atoms with Gasteiger partial charge in [0.05, 0.1) is 11.9 Å². The van der Waals surface area contributed by atoms with E-state index < -0.39 is 16.1 Å². The van der Waals surface area contributed by atoms with Crippen LogP contribution in [0.25, 0.3) is 0 Å². The van der Waals surface area contributed by atoms with Gasteiger partial charge in [-0.15, -0.1) is 0 Å². The molecular formula is C22H26Cl3N3O4S. The highest BCUT2D eigenvalue weighted by Crippen LogP contribution is 2.25. The summed E-state index contributed by atoms with van der Waals surface area (Å²) in [4.78, 5) is 26.8. The summed E-state index contributed by atoms with van der Waals surface area (Å²) in [5.74, 6) is -0.637. The first-order chi connectivity index (χ1) is 15.4. The van der Waals surface area contributed by atoms with E-state index in [2.05, 4.69) is 5.32 Å². The summed E-state index contributed by atoms with van der Waals surface area (Å²) in [5.41, 5.74) is 1.06. The van der Waals surface area contributed by atoms with Crippen molar-refractivity contribution < 1.29 is 18.0 Å². The summed E-state index contributed by atoms with van der Waals surface area (Å²) in [6.07, 6.45) is 1.36. The Bertz CT molecular complexity index is 1110. The molecular weight excluding hydrogens is 509 g/mol. The van der Waals surface area contributed by atoms with Crippen LogP contribution in [0.1, 0.15) is 25.3 Å². The number of amides is 2. The van der Waals surface area contributed by atoms with E-state index in [1.165, 1.54) is 16.3 Å². The van der Waals surface area contributed by atoms with Crippen molar-refractivity contribution in [2.45, 2.75) is 32.4 Å². The molecule has 1 N–H and O–H groups in total.